The molecular formula is C12H10ClN3S. The van der Waals surface area contributed by atoms with Gasteiger partial charge in [0.1, 0.15) is 10.8 Å². The minimum Gasteiger partial charge on any atom is -0.343 e. The molecule has 0 aliphatic rings. The third-order valence-electron chi connectivity index (χ3n) is 2.89. The molecule has 1 N–H and O–H groups in total. The predicted molar refractivity (Wildman–Crippen MR) is 71.7 cm³/mol. The van der Waals surface area contributed by atoms with E-state index in [0.717, 1.165) is 27.9 Å². The summed E-state index contributed by atoms with van der Waals surface area (Å²) >= 11 is 7.85. The molecule has 0 bridgehead atoms. The van der Waals surface area contributed by atoms with Gasteiger partial charge in [-0.25, -0.2) is 9.97 Å². The second-order valence-corrected chi connectivity index (χ2v) is 5.09. The Balaban J connectivity index is 2.32. The van der Waals surface area contributed by atoms with Crippen LogP contribution in [0.4, 0.5) is 0 Å². The number of nitrogens with one attached hydrogen (secondary N) is 1. The van der Waals surface area contributed by atoms with Gasteiger partial charge in [-0.3, -0.25) is 0 Å². The molecule has 0 aliphatic carbocycles. The largest absolute Gasteiger partial charge is 0.343 e. The maximum absolute atomic E-state index is 6.23. The zero-order valence-electron chi connectivity index (χ0n) is 9.41. The van der Waals surface area contributed by atoms with Crippen LogP contribution in [0.5, 0.6) is 0 Å². The summed E-state index contributed by atoms with van der Waals surface area (Å²) in [5, 5.41) is 5.45. The van der Waals surface area contributed by atoms with Crippen LogP contribution >= 0.6 is 22.9 Å². The van der Waals surface area contributed by atoms with Gasteiger partial charge in [0.25, 0.3) is 0 Å². The summed E-state index contributed by atoms with van der Waals surface area (Å²) in [6, 6.07) is 1.99. The van der Waals surface area contributed by atoms with Gasteiger partial charge in [-0.15, -0.1) is 0 Å². The smallest absolute Gasteiger partial charge is 0.164 e. The van der Waals surface area contributed by atoms with E-state index in [1.54, 1.807) is 11.3 Å². The van der Waals surface area contributed by atoms with Crippen LogP contribution in [0.1, 0.15) is 11.3 Å². The monoisotopic (exact) mass is 263 g/mol. The quantitative estimate of drug-likeness (QED) is 0.675. The van der Waals surface area contributed by atoms with Crippen LogP contribution in [0.15, 0.2) is 16.8 Å². The first-order valence-electron chi connectivity index (χ1n) is 5.22. The number of halogens is 1. The minimum atomic E-state index is 0.512. The fourth-order valence-electron chi connectivity index (χ4n) is 1.84. The molecular weight excluding hydrogens is 254 g/mol. The van der Waals surface area contributed by atoms with Gasteiger partial charge < -0.3 is 4.98 Å². The highest BCUT2D eigenvalue weighted by atomic mass is 35.5. The summed E-state index contributed by atoms with van der Waals surface area (Å²) < 4.78 is 0. The third-order valence-corrected chi connectivity index (χ3v) is 3.84. The van der Waals surface area contributed by atoms with Crippen molar-refractivity contribution in [2.45, 2.75) is 13.8 Å². The molecule has 0 atom stereocenters. The van der Waals surface area contributed by atoms with E-state index in [9.17, 15) is 0 Å². The number of fused-ring (bicyclic) bond motifs is 1. The molecule has 0 saturated heterocycles. The Bertz CT molecular complexity index is 685. The molecule has 86 valence electrons. The maximum atomic E-state index is 6.23. The van der Waals surface area contributed by atoms with Gasteiger partial charge in [0.05, 0.1) is 5.39 Å². The van der Waals surface area contributed by atoms with E-state index in [-0.39, 0.29) is 0 Å². The van der Waals surface area contributed by atoms with Gasteiger partial charge >= 0.3 is 0 Å². The van der Waals surface area contributed by atoms with E-state index < -0.39 is 0 Å². The molecule has 5 heteroatoms. The molecule has 17 heavy (non-hydrogen) atoms. The summed E-state index contributed by atoms with van der Waals surface area (Å²) in [5.41, 5.74) is 4.01. The number of H-pyrrole nitrogens is 1. The lowest BCUT2D eigenvalue weighted by Gasteiger charge is -1.99. The molecule has 0 aliphatic heterocycles. The Morgan fingerprint density at radius 3 is 2.82 bits per heavy atom. The van der Waals surface area contributed by atoms with E-state index in [4.69, 9.17) is 11.6 Å². The van der Waals surface area contributed by atoms with Crippen LogP contribution in [0, 0.1) is 13.8 Å². The lowest BCUT2D eigenvalue weighted by molar-refractivity contribution is 1.19. The fourth-order valence-corrected chi connectivity index (χ4v) is 2.78. The van der Waals surface area contributed by atoms with Crippen LogP contribution in [0.25, 0.3) is 22.4 Å². The first-order chi connectivity index (χ1) is 8.16. The van der Waals surface area contributed by atoms with Crippen molar-refractivity contribution in [1.82, 2.24) is 15.0 Å². The van der Waals surface area contributed by atoms with Crippen molar-refractivity contribution in [2.24, 2.45) is 0 Å². The van der Waals surface area contributed by atoms with Gasteiger partial charge in [0.2, 0.25) is 0 Å². The van der Waals surface area contributed by atoms with Crippen molar-refractivity contribution in [2.75, 3.05) is 0 Å². The van der Waals surface area contributed by atoms with Crippen LogP contribution in [-0.2, 0) is 0 Å². The highest BCUT2D eigenvalue weighted by Gasteiger charge is 2.13. The van der Waals surface area contributed by atoms with Crippen molar-refractivity contribution < 1.29 is 0 Å². The van der Waals surface area contributed by atoms with Gasteiger partial charge in [0, 0.05) is 16.6 Å². The number of aromatic nitrogens is 3. The molecule has 3 rings (SSSR count). The van der Waals surface area contributed by atoms with Gasteiger partial charge in [-0.2, -0.15) is 11.3 Å². The molecule has 3 nitrogen and oxygen atoms in total. The average molecular weight is 264 g/mol. The number of rotatable bonds is 1. The minimum absolute atomic E-state index is 0.512. The Hall–Kier alpha value is -1.39. The highest BCUT2D eigenvalue weighted by molar-refractivity contribution is 7.08. The third kappa shape index (κ3) is 1.64. The van der Waals surface area contributed by atoms with Crippen molar-refractivity contribution in [3.05, 3.63) is 33.2 Å². The van der Waals surface area contributed by atoms with Crippen molar-refractivity contribution >= 4 is 34.0 Å². The standard InChI is InChI=1S/C12H10ClN3S/c1-6-7(2)14-12-9(6)10(13)15-11(16-12)8-3-4-17-5-8/h3-5H,1-2H3,(H,14,15,16). The first kappa shape index (κ1) is 10.7. The maximum Gasteiger partial charge on any atom is 0.164 e. The van der Waals surface area contributed by atoms with E-state index in [1.807, 2.05) is 30.7 Å². The van der Waals surface area contributed by atoms with Crippen LogP contribution in [-0.4, -0.2) is 15.0 Å². The van der Waals surface area contributed by atoms with E-state index in [0.29, 0.717) is 11.0 Å². The molecule has 0 fully saturated rings. The number of hydrogen-bond acceptors (Lipinski definition) is 3. The van der Waals surface area contributed by atoms with Crippen LogP contribution < -0.4 is 0 Å². The van der Waals surface area contributed by atoms with Gasteiger partial charge in [-0.1, -0.05) is 11.6 Å². The Labute approximate surface area is 107 Å². The molecule has 0 radical (unpaired) electrons. The first-order valence-corrected chi connectivity index (χ1v) is 6.54. The highest BCUT2D eigenvalue weighted by Crippen LogP contribution is 2.29. The Morgan fingerprint density at radius 1 is 1.29 bits per heavy atom. The van der Waals surface area contributed by atoms with Crippen LogP contribution in [0.2, 0.25) is 5.15 Å². The molecule has 0 amide bonds. The number of thiophene rings is 1. The second-order valence-electron chi connectivity index (χ2n) is 3.95. The topological polar surface area (TPSA) is 41.6 Å². The molecule has 0 aromatic carbocycles. The number of aryl methyl sites for hydroxylation is 2. The summed E-state index contributed by atoms with van der Waals surface area (Å²) in [6.07, 6.45) is 0. The van der Waals surface area contributed by atoms with Gasteiger partial charge in [0.15, 0.2) is 5.82 Å². The number of hydrogen-bond donors (Lipinski definition) is 1. The van der Waals surface area contributed by atoms with E-state index in [1.165, 1.54) is 0 Å². The van der Waals surface area contributed by atoms with Crippen LogP contribution in [0.3, 0.4) is 0 Å². The molecule has 0 unspecified atom stereocenters. The summed E-state index contributed by atoms with van der Waals surface area (Å²) in [5.74, 6) is 0.671. The SMILES string of the molecule is Cc1[nH]c2nc(-c3ccsc3)nc(Cl)c2c1C. The Kier molecular flexibility index (Phi) is 2.42. The summed E-state index contributed by atoms with van der Waals surface area (Å²) in [4.78, 5) is 12.1. The number of aromatic amines is 1. The zero-order valence-corrected chi connectivity index (χ0v) is 11.0. The fraction of sp³-hybridized carbons (Fsp3) is 0.167. The Morgan fingerprint density at radius 2 is 2.12 bits per heavy atom. The molecule has 3 aromatic rings. The van der Waals surface area contributed by atoms with Crippen molar-refractivity contribution in [3.63, 3.8) is 0 Å². The predicted octanol–water partition coefficient (Wildman–Crippen LogP) is 3.96. The molecule has 0 spiro atoms. The second kappa shape index (κ2) is 3.82. The van der Waals surface area contributed by atoms with Crippen molar-refractivity contribution in [1.29, 1.82) is 0 Å². The normalized spacial score (nSPS) is 11.2. The van der Waals surface area contributed by atoms with E-state index >= 15 is 0 Å². The number of nitrogens with zero attached hydrogens (tertiary/aromatic N) is 2. The summed E-state index contributed by atoms with van der Waals surface area (Å²) in [7, 11) is 0. The van der Waals surface area contributed by atoms with E-state index in [2.05, 4.69) is 15.0 Å². The van der Waals surface area contributed by atoms with Gasteiger partial charge in [-0.05, 0) is 30.9 Å². The lowest BCUT2D eigenvalue weighted by Crippen LogP contribution is -1.89. The van der Waals surface area contributed by atoms with Crippen molar-refractivity contribution in [3.8, 4) is 11.4 Å². The summed E-state index contributed by atoms with van der Waals surface area (Å²) in [6.45, 7) is 4.03. The average Bonchev–Trinajstić information content (AvgIpc) is 2.88. The lowest BCUT2D eigenvalue weighted by atomic mass is 10.2. The zero-order chi connectivity index (χ0) is 12.0. The molecule has 3 aromatic heterocycles. The molecule has 0 saturated carbocycles. The molecule has 3 heterocycles.